The maximum atomic E-state index is 13.1. The number of amides is 2. The van der Waals surface area contributed by atoms with Gasteiger partial charge in [-0.2, -0.15) is 0 Å². The average molecular weight is 364 g/mol. The van der Waals surface area contributed by atoms with E-state index in [1.165, 1.54) is 18.2 Å². The summed E-state index contributed by atoms with van der Waals surface area (Å²) in [5.74, 6) is -1.03. The van der Waals surface area contributed by atoms with Crippen molar-refractivity contribution in [2.75, 3.05) is 30.8 Å². The molecule has 5 nitrogen and oxygen atoms in total. The molecular weight excluding hydrogens is 345 g/mol. The zero-order chi connectivity index (χ0) is 18.4. The van der Waals surface area contributed by atoms with E-state index in [2.05, 4.69) is 10.6 Å². The summed E-state index contributed by atoms with van der Waals surface area (Å²) in [6.07, 6.45) is 0. The van der Waals surface area contributed by atoms with Gasteiger partial charge in [0.1, 0.15) is 5.82 Å². The summed E-state index contributed by atoms with van der Waals surface area (Å²) in [5, 5.41) is 5.88. The fraction of sp³-hybridized carbons (Fsp3) is 0.222. The molecule has 0 spiro atoms. The minimum atomic E-state index is -0.428. The van der Waals surface area contributed by atoms with Gasteiger partial charge in [-0.05, 0) is 49.9 Å². The number of carbonyl (C=O) groups is 2. The summed E-state index contributed by atoms with van der Waals surface area (Å²) in [5.41, 5.74) is 1.89. The van der Waals surface area contributed by atoms with Crippen LogP contribution in [0.2, 0.25) is 5.02 Å². The van der Waals surface area contributed by atoms with Crippen molar-refractivity contribution in [1.82, 2.24) is 4.90 Å². The second-order valence-electron chi connectivity index (χ2n) is 5.74. The standard InChI is InChI=1S/C18H19ClFN3O2/c1-12-6-7-15(9-16(12)19)22-18(25)11-23(2)10-17(24)21-14-5-3-4-13(20)8-14/h3-9H,10-11H2,1-2H3,(H,21,24)(H,22,25). The Kier molecular flexibility index (Phi) is 6.50. The second kappa shape index (κ2) is 8.60. The van der Waals surface area contributed by atoms with Crippen molar-refractivity contribution in [1.29, 1.82) is 0 Å². The number of anilines is 2. The SMILES string of the molecule is Cc1ccc(NC(=O)CN(C)CC(=O)Nc2cccc(F)c2)cc1Cl. The normalized spacial score (nSPS) is 10.6. The number of aryl methyl sites for hydroxylation is 1. The van der Waals surface area contributed by atoms with Crippen molar-refractivity contribution < 1.29 is 14.0 Å². The van der Waals surface area contributed by atoms with Crippen LogP contribution in [0.5, 0.6) is 0 Å². The molecule has 0 saturated carbocycles. The molecule has 2 amide bonds. The molecule has 2 rings (SSSR count). The topological polar surface area (TPSA) is 61.4 Å². The lowest BCUT2D eigenvalue weighted by Crippen LogP contribution is -2.36. The van der Waals surface area contributed by atoms with Crippen molar-refractivity contribution in [2.45, 2.75) is 6.92 Å². The Balaban J connectivity index is 1.82. The third-order valence-corrected chi connectivity index (χ3v) is 3.80. The second-order valence-corrected chi connectivity index (χ2v) is 6.15. The lowest BCUT2D eigenvalue weighted by molar-refractivity contribution is -0.119. The molecular formula is C18H19ClFN3O2. The van der Waals surface area contributed by atoms with Crippen molar-refractivity contribution in [2.24, 2.45) is 0 Å². The smallest absolute Gasteiger partial charge is 0.238 e. The molecule has 7 heteroatoms. The van der Waals surface area contributed by atoms with Crippen LogP contribution in [0.4, 0.5) is 15.8 Å². The van der Waals surface area contributed by atoms with Gasteiger partial charge in [-0.3, -0.25) is 14.5 Å². The van der Waals surface area contributed by atoms with Gasteiger partial charge in [-0.1, -0.05) is 23.7 Å². The van der Waals surface area contributed by atoms with Crippen LogP contribution in [-0.2, 0) is 9.59 Å². The molecule has 0 bridgehead atoms. The van der Waals surface area contributed by atoms with Crippen LogP contribution in [0.1, 0.15) is 5.56 Å². The van der Waals surface area contributed by atoms with Gasteiger partial charge in [0.15, 0.2) is 0 Å². The molecule has 0 aromatic heterocycles. The Hall–Kier alpha value is -2.44. The molecule has 2 aromatic rings. The summed E-state index contributed by atoms with van der Waals surface area (Å²) in [7, 11) is 1.65. The quantitative estimate of drug-likeness (QED) is 0.827. The Morgan fingerprint density at radius 1 is 1.04 bits per heavy atom. The van der Waals surface area contributed by atoms with Gasteiger partial charge < -0.3 is 10.6 Å². The van der Waals surface area contributed by atoms with Crippen molar-refractivity contribution >= 4 is 34.8 Å². The molecule has 0 heterocycles. The van der Waals surface area contributed by atoms with Crippen molar-refractivity contribution in [3.63, 3.8) is 0 Å². The number of benzene rings is 2. The highest BCUT2D eigenvalue weighted by atomic mass is 35.5. The number of hydrogen-bond donors (Lipinski definition) is 2. The van der Waals surface area contributed by atoms with Crippen LogP contribution in [-0.4, -0.2) is 36.9 Å². The molecule has 0 aliphatic carbocycles. The average Bonchev–Trinajstić information content (AvgIpc) is 2.50. The van der Waals surface area contributed by atoms with Crippen LogP contribution < -0.4 is 10.6 Å². The van der Waals surface area contributed by atoms with E-state index in [4.69, 9.17) is 11.6 Å². The third kappa shape index (κ3) is 6.17. The van der Waals surface area contributed by atoms with Crippen LogP contribution in [0.15, 0.2) is 42.5 Å². The van der Waals surface area contributed by atoms with Gasteiger partial charge in [0.05, 0.1) is 13.1 Å². The fourth-order valence-electron chi connectivity index (χ4n) is 2.18. The summed E-state index contributed by atoms with van der Waals surface area (Å²) in [6, 6.07) is 10.9. The minimum Gasteiger partial charge on any atom is -0.325 e. The van der Waals surface area contributed by atoms with E-state index < -0.39 is 5.82 Å². The van der Waals surface area contributed by atoms with E-state index in [1.807, 2.05) is 13.0 Å². The molecule has 0 fully saturated rings. The number of hydrogen-bond acceptors (Lipinski definition) is 3. The molecule has 0 atom stereocenters. The molecule has 2 N–H and O–H groups in total. The first kappa shape index (κ1) is 18.9. The van der Waals surface area contributed by atoms with E-state index in [9.17, 15) is 14.0 Å². The molecule has 0 radical (unpaired) electrons. The summed E-state index contributed by atoms with van der Waals surface area (Å²) >= 11 is 6.02. The molecule has 25 heavy (non-hydrogen) atoms. The summed E-state index contributed by atoms with van der Waals surface area (Å²) in [4.78, 5) is 25.5. The maximum Gasteiger partial charge on any atom is 0.238 e. The molecule has 0 saturated heterocycles. The van der Waals surface area contributed by atoms with Gasteiger partial charge in [-0.15, -0.1) is 0 Å². The number of rotatable bonds is 6. The van der Waals surface area contributed by atoms with E-state index in [0.29, 0.717) is 16.4 Å². The zero-order valence-corrected chi connectivity index (χ0v) is 14.7. The van der Waals surface area contributed by atoms with E-state index >= 15 is 0 Å². The lowest BCUT2D eigenvalue weighted by atomic mass is 10.2. The zero-order valence-electron chi connectivity index (χ0n) is 14.0. The van der Waals surface area contributed by atoms with E-state index in [1.54, 1.807) is 30.1 Å². The highest BCUT2D eigenvalue weighted by molar-refractivity contribution is 6.31. The molecule has 132 valence electrons. The lowest BCUT2D eigenvalue weighted by Gasteiger charge is -2.16. The number of halogens is 2. The van der Waals surface area contributed by atoms with Gasteiger partial charge in [0.2, 0.25) is 11.8 Å². The highest BCUT2D eigenvalue weighted by Crippen LogP contribution is 2.19. The van der Waals surface area contributed by atoms with Crippen molar-refractivity contribution in [3.05, 3.63) is 58.9 Å². The van der Waals surface area contributed by atoms with E-state index in [0.717, 1.165) is 5.56 Å². The van der Waals surface area contributed by atoms with Crippen LogP contribution >= 0.6 is 11.6 Å². The molecule has 0 aliphatic rings. The minimum absolute atomic E-state index is 0.00140. The first-order chi connectivity index (χ1) is 11.8. The number of nitrogens with one attached hydrogen (secondary N) is 2. The van der Waals surface area contributed by atoms with Crippen LogP contribution in [0.3, 0.4) is 0 Å². The fourth-order valence-corrected chi connectivity index (χ4v) is 2.36. The van der Waals surface area contributed by atoms with Crippen LogP contribution in [0.25, 0.3) is 0 Å². The van der Waals surface area contributed by atoms with Gasteiger partial charge in [0.25, 0.3) is 0 Å². The maximum absolute atomic E-state index is 13.1. The monoisotopic (exact) mass is 363 g/mol. The predicted octanol–water partition coefficient (Wildman–Crippen LogP) is 3.30. The first-order valence-corrected chi connectivity index (χ1v) is 8.01. The number of likely N-dealkylation sites (N-methyl/N-ethyl adjacent to an activating group) is 1. The Morgan fingerprint density at radius 2 is 1.64 bits per heavy atom. The first-order valence-electron chi connectivity index (χ1n) is 7.63. The molecule has 0 aliphatic heterocycles. The van der Waals surface area contributed by atoms with Crippen molar-refractivity contribution in [3.8, 4) is 0 Å². The highest BCUT2D eigenvalue weighted by Gasteiger charge is 2.12. The Labute approximate surface area is 150 Å². The predicted molar refractivity (Wildman–Crippen MR) is 97.3 cm³/mol. The van der Waals surface area contributed by atoms with Crippen LogP contribution in [0, 0.1) is 12.7 Å². The number of nitrogens with zero attached hydrogens (tertiary/aromatic N) is 1. The summed E-state index contributed by atoms with van der Waals surface area (Å²) in [6.45, 7) is 1.90. The number of carbonyl (C=O) groups excluding carboxylic acids is 2. The Bertz CT molecular complexity index is 783. The Morgan fingerprint density at radius 3 is 2.20 bits per heavy atom. The van der Waals surface area contributed by atoms with Gasteiger partial charge in [0, 0.05) is 16.4 Å². The molecule has 0 unspecified atom stereocenters. The van der Waals surface area contributed by atoms with E-state index in [-0.39, 0.29) is 24.9 Å². The third-order valence-electron chi connectivity index (χ3n) is 3.39. The van der Waals surface area contributed by atoms with Gasteiger partial charge >= 0.3 is 0 Å². The summed E-state index contributed by atoms with van der Waals surface area (Å²) < 4.78 is 13.1. The largest absolute Gasteiger partial charge is 0.325 e. The molecule has 2 aromatic carbocycles. The van der Waals surface area contributed by atoms with Gasteiger partial charge in [-0.25, -0.2) is 4.39 Å².